The number of nitrogens with two attached hydrogens (primary N) is 1. The van der Waals surface area contributed by atoms with Gasteiger partial charge >= 0.3 is 0 Å². The number of carbonyl (C=O) groups is 1. The first-order valence-corrected chi connectivity index (χ1v) is 8.53. The molecular weight excluding hydrogens is 312 g/mol. The Morgan fingerprint density at radius 2 is 2.13 bits per heavy atom. The van der Waals surface area contributed by atoms with E-state index in [0.717, 1.165) is 37.8 Å². The second-order valence-corrected chi connectivity index (χ2v) is 6.78. The summed E-state index contributed by atoms with van der Waals surface area (Å²) in [6, 6.07) is 0.559. The van der Waals surface area contributed by atoms with Crippen molar-refractivity contribution in [3.63, 3.8) is 0 Å². The molecule has 1 atom stereocenters. The maximum atomic E-state index is 12.6. The number of halogens is 1. The van der Waals surface area contributed by atoms with Gasteiger partial charge in [0.2, 0.25) is 5.91 Å². The van der Waals surface area contributed by atoms with E-state index >= 15 is 0 Å². The summed E-state index contributed by atoms with van der Waals surface area (Å²) >= 11 is 0. The minimum Gasteiger partial charge on any atom is -0.352 e. The summed E-state index contributed by atoms with van der Waals surface area (Å²) in [5.41, 5.74) is 7.92. The second kappa shape index (κ2) is 8.15. The fourth-order valence-corrected chi connectivity index (χ4v) is 3.19. The predicted octanol–water partition coefficient (Wildman–Crippen LogP) is 2.62. The van der Waals surface area contributed by atoms with Gasteiger partial charge in [-0.25, -0.2) is 0 Å². The number of fused-ring (bicyclic) bond motifs is 1. The molecule has 1 aliphatic carbocycles. The van der Waals surface area contributed by atoms with E-state index in [-0.39, 0.29) is 24.4 Å². The Bertz CT molecular complexity index is 514. The summed E-state index contributed by atoms with van der Waals surface area (Å²) in [5.74, 6) is 0.108. The summed E-state index contributed by atoms with van der Waals surface area (Å²) in [6.45, 7) is 8.76. The Morgan fingerprint density at radius 3 is 2.65 bits per heavy atom. The van der Waals surface area contributed by atoms with Gasteiger partial charge in [-0.3, -0.25) is 9.48 Å². The van der Waals surface area contributed by atoms with E-state index in [2.05, 4.69) is 30.5 Å². The van der Waals surface area contributed by atoms with Crippen molar-refractivity contribution in [2.24, 2.45) is 11.1 Å². The van der Waals surface area contributed by atoms with Crippen LogP contribution in [-0.4, -0.2) is 28.3 Å². The minimum atomic E-state index is -0.419. The van der Waals surface area contributed by atoms with E-state index in [0.29, 0.717) is 12.6 Å². The van der Waals surface area contributed by atoms with Gasteiger partial charge in [0.05, 0.1) is 11.1 Å². The smallest absolute Gasteiger partial charge is 0.227 e. The van der Waals surface area contributed by atoms with Crippen molar-refractivity contribution in [1.29, 1.82) is 0 Å². The molecule has 0 saturated heterocycles. The highest BCUT2D eigenvalue weighted by molar-refractivity contribution is 5.85. The lowest BCUT2D eigenvalue weighted by Crippen LogP contribution is -2.50. The second-order valence-electron chi connectivity index (χ2n) is 6.78. The molecule has 1 unspecified atom stereocenters. The Kier molecular flexibility index (Phi) is 7.08. The largest absolute Gasteiger partial charge is 0.352 e. The number of hydrogen-bond acceptors (Lipinski definition) is 3. The van der Waals surface area contributed by atoms with Gasteiger partial charge in [0.1, 0.15) is 0 Å². The fraction of sp³-hybridized carbons (Fsp3) is 0.765. The summed E-state index contributed by atoms with van der Waals surface area (Å²) in [4.78, 5) is 12.6. The Balaban J connectivity index is 0.00000264. The zero-order valence-corrected chi connectivity index (χ0v) is 15.6. The van der Waals surface area contributed by atoms with Crippen LogP contribution in [0.2, 0.25) is 0 Å². The van der Waals surface area contributed by atoms with Gasteiger partial charge in [0, 0.05) is 31.2 Å². The van der Waals surface area contributed by atoms with Crippen molar-refractivity contribution >= 4 is 18.3 Å². The van der Waals surface area contributed by atoms with E-state index in [4.69, 9.17) is 5.73 Å². The maximum absolute atomic E-state index is 12.6. The minimum absolute atomic E-state index is 0. The standard InChI is InChI=1S/C17H30N4O.ClH/c1-5-17(6-2,11-18)16(22)19-14-8-7-13-10-21(12(3)4)20-15(13)9-14;/h10,12,14H,5-9,11,18H2,1-4H3,(H,19,22);1H. The molecule has 0 spiro atoms. The van der Waals surface area contributed by atoms with Crippen LogP contribution in [0.3, 0.4) is 0 Å². The molecule has 0 bridgehead atoms. The van der Waals surface area contributed by atoms with Gasteiger partial charge in [-0.1, -0.05) is 13.8 Å². The van der Waals surface area contributed by atoms with Crippen molar-refractivity contribution < 1.29 is 4.79 Å². The molecule has 1 aromatic heterocycles. The number of nitrogens with one attached hydrogen (secondary N) is 1. The van der Waals surface area contributed by atoms with Crippen LogP contribution in [0.4, 0.5) is 0 Å². The molecular formula is C17H31ClN4O. The number of rotatable bonds is 6. The Hall–Kier alpha value is -1.07. The van der Waals surface area contributed by atoms with Crippen LogP contribution < -0.4 is 11.1 Å². The van der Waals surface area contributed by atoms with E-state index < -0.39 is 5.41 Å². The van der Waals surface area contributed by atoms with Crippen LogP contribution in [0.15, 0.2) is 6.20 Å². The van der Waals surface area contributed by atoms with Crippen molar-refractivity contribution in [2.45, 2.75) is 71.9 Å². The molecule has 0 aromatic carbocycles. The lowest BCUT2D eigenvalue weighted by Gasteiger charge is -2.32. The summed E-state index contributed by atoms with van der Waals surface area (Å²) in [6.07, 6.45) is 6.52. The third kappa shape index (κ3) is 4.07. The highest BCUT2D eigenvalue weighted by Gasteiger charge is 2.35. The van der Waals surface area contributed by atoms with Crippen LogP contribution in [0, 0.1) is 5.41 Å². The van der Waals surface area contributed by atoms with Crippen molar-refractivity contribution in [2.75, 3.05) is 6.54 Å². The van der Waals surface area contributed by atoms with Crippen molar-refractivity contribution in [3.8, 4) is 0 Å². The quantitative estimate of drug-likeness (QED) is 0.834. The first kappa shape index (κ1) is 20.0. The first-order chi connectivity index (χ1) is 10.5. The fourth-order valence-electron chi connectivity index (χ4n) is 3.19. The molecule has 1 aliphatic rings. The topological polar surface area (TPSA) is 72.9 Å². The zero-order valence-electron chi connectivity index (χ0n) is 14.8. The van der Waals surface area contributed by atoms with Crippen LogP contribution >= 0.6 is 12.4 Å². The molecule has 2 rings (SSSR count). The highest BCUT2D eigenvalue weighted by atomic mass is 35.5. The van der Waals surface area contributed by atoms with E-state index in [9.17, 15) is 4.79 Å². The number of nitrogens with zero attached hydrogens (tertiary/aromatic N) is 2. The van der Waals surface area contributed by atoms with Crippen LogP contribution in [0.1, 0.15) is 64.3 Å². The summed E-state index contributed by atoms with van der Waals surface area (Å²) < 4.78 is 2.02. The Morgan fingerprint density at radius 1 is 1.48 bits per heavy atom. The number of amides is 1. The molecule has 1 aromatic rings. The SMILES string of the molecule is CCC(CC)(CN)C(=O)NC1CCc2cn(C(C)C)nc2C1.Cl. The molecule has 0 radical (unpaired) electrons. The molecule has 1 amide bonds. The van der Waals surface area contributed by atoms with Gasteiger partial charge in [-0.05, 0) is 45.1 Å². The summed E-state index contributed by atoms with van der Waals surface area (Å²) in [5, 5.41) is 7.89. The number of carbonyl (C=O) groups excluding carboxylic acids is 1. The third-order valence-electron chi connectivity index (χ3n) is 5.19. The molecule has 6 heteroatoms. The van der Waals surface area contributed by atoms with E-state index in [1.807, 2.05) is 18.5 Å². The predicted molar refractivity (Wildman–Crippen MR) is 95.9 cm³/mol. The molecule has 132 valence electrons. The van der Waals surface area contributed by atoms with E-state index in [1.165, 1.54) is 5.56 Å². The van der Waals surface area contributed by atoms with Crippen LogP contribution in [0.5, 0.6) is 0 Å². The maximum Gasteiger partial charge on any atom is 0.227 e. The van der Waals surface area contributed by atoms with Crippen molar-refractivity contribution in [1.82, 2.24) is 15.1 Å². The normalized spacial score (nSPS) is 17.6. The average molecular weight is 343 g/mol. The summed E-state index contributed by atoms with van der Waals surface area (Å²) in [7, 11) is 0. The lowest BCUT2D eigenvalue weighted by molar-refractivity contribution is -0.131. The Labute approximate surface area is 145 Å². The van der Waals surface area contributed by atoms with Gasteiger partial charge < -0.3 is 11.1 Å². The van der Waals surface area contributed by atoms with Gasteiger partial charge in [0.15, 0.2) is 0 Å². The number of hydrogen-bond donors (Lipinski definition) is 2. The van der Waals surface area contributed by atoms with Gasteiger partial charge in [0.25, 0.3) is 0 Å². The molecule has 0 saturated carbocycles. The third-order valence-corrected chi connectivity index (χ3v) is 5.19. The molecule has 3 N–H and O–H groups in total. The van der Waals surface area contributed by atoms with E-state index in [1.54, 1.807) is 0 Å². The molecule has 23 heavy (non-hydrogen) atoms. The molecule has 0 aliphatic heterocycles. The highest BCUT2D eigenvalue weighted by Crippen LogP contribution is 2.27. The molecule has 5 nitrogen and oxygen atoms in total. The molecule has 1 heterocycles. The lowest BCUT2D eigenvalue weighted by atomic mass is 9.80. The van der Waals surface area contributed by atoms with Gasteiger partial charge in [-0.2, -0.15) is 5.10 Å². The van der Waals surface area contributed by atoms with Crippen LogP contribution in [-0.2, 0) is 17.6 Å². The van der Waals surface area contributed by atoms with Crippen LogP contribution in [0.25, 0.3) is 0 Å². The molecule has 0 fully saturated rings. The monoisotopic (exact) mass is 342 g/mol. The number of aromatic nitrogens is 2. The number of aryl methyl sites for hydroxylation is 1. The van der Waals surface area contributed by atoms with Crippen molar-refractivity contribution in [3.05, 3.63) is 17.5 Å². The average Bonchev–Trinajstić information content (AvgIpc) is 2.93. The van der Waals surface area contributed by atoms with Gasteiger partial charge in [-0.15, -0.1) is 12.4 Å². The zero-order chi connectivity index (χ0) is 16.3. The first-order valence-electron chi connectivity index (χ1n) is 8.53.